The molecule has 1 aliphatic heterocycles. The maximum absolute atomic E-state index is 11.3. The molecule has 1 N–H and O–H groups in total. The third-order valence-corrected chi connectivity index (χ3v) is 4.06. The average Bonchev–Trinajstić information content (AvgIpc) is 2.50. The van der Waals surface area contributed by atoms with Gasteiger partial charge in [-0.15, -0.1) is 0 Å². The van der Waals surface area contributed by atoms with E-state index < -0.39 is 5.60 Å². The van der Waals surface area contributed by atoms with Crippen LogP contribution in [0.2, 0.25) is 5.02 Å². The maximum atomic E-state index is 11.3. The average molecular weight is 282 g/mol. The van der Waals surface area contributed by atoms with Crippen molar-refractivity contribution in [1.29, 1.82) is 0 Å². The molecule has 0 bridgehead atoms. The van der Waals surface area contributed by atoms with Gasteiger partial charge in [-0.2, -0.15) is 0 Å². The van der Waals surface area contributed by atoms with Crippen LogP contribution in [0.25, 0.3) is 0 Å². The minimum atomic E-state index is -0.583. The number of hydrogen-bond acceptors (Lipinski definition) is 3. The zero-order chi connectivity index (χ0) is 14.0. The summed E-state index contributed by atoms with van der Waals surface area (Å²) >= 11 is 6.27. The van der Waals surface area contributed by atoms with Crippen molar-refractivity contribution in [2.75, 3.05) is 18.0 Å². The summed E-state index contributed by atoms with van der Waals surface area (Å²) in [5.41, 5.74) is 1.00. The summed E-state index contributed by atoms with van der Waals surface area (Å²) < 4.78 is 0. The van der Waals surface area contributed by atoms with Crippen LogP contribution < -0.4 is 4.90 Å². The second-order valence-electron chi connectivity index (χ2n) is 5.56. The highest BCUT2D eigenvalue weighted by atomic mass is 35.5. The van der Waals surface area contributed by atoms with Crippen molar-refractivity contribution in [1.82, 2.24) is 0 Å². The summed E-state index contributed by atoms with van der Waals surface area (Å²) in [4.78, 5) is 13.5. The number of Topliss-reactive ketones (excluding diaryl/α,β-unsaturated/α-hetero) is 1. The number of rotatable bonds is 2. The fourth-order valence-electron chi connectivity index (χ4n) is 2.49. The number of aliphatic hydroxyl groups is 1. The number of nitrogens with zero attached hydrogens (tertiary/aromatic N) is 1. The van der Waals surface area contributed by atoms with Crippen LogP contribution in [0.1, 0.15) is 43.5 Å². The Balaban J connectivity index is 2.20. The van der Waals surface area contributed by atoms with Crippen LogP contribution in [-0.4, -0.2) is 29.6 Å². The molecule has 104 valence electrons. The van der Waals surface area contributed by atoms with Crippen LogP contribution >= 0.6 is 11.6 Å². The molecule has 1 aromatic rings. The van der Waals surface area contributed by atoms with Crippen molar-refractivity contribution < 1.29 is 9.90 Å². The van der Waals surface area contributed by atoms with E-state index in [2.05, 4.69) is 4.90 Å². The molecule has 19 heavy (non-hydrogen) atoms. The topological polar surface area (TPSA) is 40.5 Å². The van der Waals surface area contributed by atoms with Gasteiger partial charge in [-0.3, -0.25) is 4.79 Å². The Labute approximate surface area is 119 Å². The van der Waals surface area contributed by atoms with Crippen molar-refractivity contribution in [2.24, 2.45) is 0 Å². The van der Waals surface area contributed by atoms with Gasteiger partial charge in [-0.05, 0) is 51.3 Å². The first kappa shape index (κ1) is 14.4. The lowest BCUT2D eigenvalue weighted by atomic mass is 9.98. The van der Waals surface area contributed by atoms with Gasteiger partial charge in [0.15, 0.2) is 5.78 Å². The third-order valence-electron chi connectivity index (χ3n) is 3.76. The van der Waals surface area contributed by atoms with Crippen molar-refractivity contribution >= 4 is 23.1 Å². The van der Waals surface area contributed by atoms with Crippen molar-refractivity contribution in [2.45, 2.75) is 38.7 Å². The minimum Gasteiger partial charge on any atom is -0.390 e. The third kappa shape index (κ3) is 3.48. The van der Waals surface area contributed by atoms with Crippen LogP contribution in [0.5, 0.6) is 0 Å². The van der Waals surface area contributed by atoms with Gasteiger partial charge in [0.05, 0.1) is 16.3 Å². The summed E-state index contributed by atoms with van der Waals surface area (Å²) in [7, 11) is 0. The highest BCUT2D eigenvalue weighted by Gasteiger charge is 2.25. The van der Waals surface area contributed by atoms with Crippen molar-refractivity contribution in [3.05, 3.63) is 28.8 Å². The Hall–Kier alpha value is -1.06. The highest BCUT2D eigenvalue weighted by molar-refractivity contribution is 6.33. The molecular weight excluding hydrogens is 262 g/mol. The number of benzene rings is 1. The number of halogens is 1. The Bertz CT molecular complexity index is 485. The Morgan fingerprint density at radius 3 is 2.74 bits per heavy atom. The first-order valence-corrected chi connectivity index (χ1v) is 7.05. The molecule has 0 aromatic heterocycles. The normalized spacial score (nSPS) is 24.1. The number of hydrogen-bond donors (Lipinski definition) is 1. The molecule has 0 saturated carbocycles. The van der Waals surface area contributed by atoms with Crippen LogP contribution in [0.15, 0.2) is 18.2 Å². The fraction of sp³-hybridized carbons (Fsp3) is 0.533. The molecular formula is C15H20ClNO2. The number of anilines is 1. The molecule has 0 aliphatic carbocycles. The molecule has 1 fully saturated rings. The van der Waals surface area contributed by atoms with E-state index in [9.17, 15) is 9.90 Å². The summed E-state index contributed by atoms with van der Waals surface area (Å²) in [6, 6.07) is 5.44. The van der Waals surface area contributed by atoms with Crippen molar-refractivity contribution in [3.8, 4) is 0 Å². The largest absolute Gasteiger partial charge is 0.390 e. The number of carbonyl (C=O) groups is 1. The van der Waals surface area contributed by atoms with Crippen LogP contribution in [0.4, 0.5) is 5.69 Å². The van der Waals surface area contributed by atoms with Gasteiger partial charge in [-0.1, -0.05) is 11.6 Å². The number of ketones is 1. The summed E-state index contributed by atoms with van der Waals surface area (Å²) in [5.74, 6) is 0.0206. The van der Waals surface area contributed by atoms with Gasteiger partial charge in [0.1, 0.15) is 0 Å². The van der Waals surface area contributed by atoms with Crippen molar-refractivity contribution in [3.63, 3.8) is 0 Å². The first-order chi connectivity index (χ1) is 8.89. The zero-order valence-electron chi connectivity index (χ0n) is 11.4. The summed E-state index contributed by atoms with van der Waals surface area (Å²) in [5, 5.41) is 10.7. The summed E-state index contributed by atoms with van der Waals surface area (Å²) in [6.07, 6.45) is 2.49. The lowest BCUT2D eigenvalue weighted by Gasteiger charge is -2.25. The highest BCUT2D eigenvalue weighted by Crippen LogP contribution is 2.31. The van der Waals surface area contributed by atoms with E-state index in [1.54, 1.807) is 6.07 Å². The van der Waals surface area contributed by atoms with Crippen LogP contribution in [0, 0.1) is 0 Å². The molecule has 1 aromatic carbocycles. The molecule has 1 saturated heterocycles. The molecule has 1 heterocycles. The van der Waals surface area contributed by atoms with Gasteiger partial charge in [0.2, 0.25) is 0 Å². The lowest BCUT2D eigenvalue weighted by molar-refractivity contribution is 0.0481. The molecule has 0 amide bonds. The molecule has 4 heteroatoms. The van der Waals surface area contributed by atoms with Gasteiger partial charge < -0.3 is 10.0 Å². The SMILES string of the molecule is CC(=O)c1ccc(N2CCCC(C)(O)CC2)c(Cl)c1. The van der Waals surface area contributed by atoms with E-state index in [0.717, 1.165) is 38.0 Å². The van der Waals surface area contributed by atoms with Gasteiger partial charge in [0.25, 0.3) is 0 Å². The number of carbonyl (C=O) groups excluding carboxylic acids is 1. The zero-order valence-corrected chi connectivity index (χ0v) is 12.2. The minimum absolute atomic E-state index is 0.0206. The quantitative estimate of drug-likeness (QED) is 0.846. The van der Waals surface area contributed by atoms with E-state index >= 15 is 0 Å². The van der Waals surface area contributed by atoms with Crippen LogP contribution in [-0.2, 0) is 0 Å². The molecule has 0 radical (unpaired) electrons. The molecule has 0 spiro atoms. The Morgan fingerprint density at radius 2 is 2.11 bits per heavy atom. The molecule has 1 unspecified atom stereocenters. The predicted octanol–water partition coefficient (Wildman–Crippen LogP) is 3.28. The van der Waals surface area contributed by atoms with E-state index in [0.29, 0.717) is 10.6 Å². The maximum Gasteiger partial charge on any atom is 0.159 e. The standard InChI is InChI=1S/C15H20ClNO2/c1-11(18)12-4-5-14(13(16)10-12)17-8-3-6-15(2,19)7-9-17/h4-5,10,19H,3,6-9H2,1-2H3. The fourth-order valence-corrected chi connectivity index (χ4v) is 2.79. The monoisotopic (exact) mass is 281 g/mol. The second-order valence-corrected chi connectivity index (χ2v) is 5.97. The van der Waals surface area contributed by atoms with E-state index in [1.807, 2.05) is 19.1 Å². The summed E-state index contributed by atoms with van der Waals surface area (Å²) in [6.45, 7) is 5.09. The second kappa shape index (κ2) is 5.51. The van der Waals surface area contributed by atoms with Gasteiger partial charge in [0, 0.05) is 18.7 Å². The Kier molecular flexibility index (Phi) is 4.16. The molecule has 3 nitrogen and oxygen atoms in total. The predicted molar refractivity (Wildman–Crippen MR) is 78.1 cm³/mol. The molecule has 2 rings (SSSR count). The molecule has 1 aliphatic rings. The smallest absolute Gasteiger partial charge is 0.159 e. The lowest BCUT2D eigenvalue weighted by Crippen LogP contribution is -2.28. The van der Waals surface area contributed by atoms with E-state index in [1.165, 1.54) is 6.92 Å². The Morgan fingerprint density at radius 1 is 1.37 bits per heavy atom. The van der Waals surface area contributed by atoms with Gasteiger partial charge in [-0.25, -0.2) is 0 Å². The van der Waals surface area contributed by atoms with E-state index in [-0.39, 0.29) is 5.78 Å². The van der Waals surface area contributed by atoms with E-state index in [4.69, 9.17) is 11.6 Å². The first-order valence-electron chi connectivity index (χ1n) is 6.67. The molecule has 1 atom stereocenters. The van der Waals surface area contributed by atoms with Gasteiger partial charge >= 0.3 is 0 Å². The van der Waals surface area contributed by atoms with Crippen LogP contribution in [0.3, 0.4) is 0 Å².